The van der Waals surface area contributed by atoms with E-state index in [1.54, 1.807) is 6.92 Å². The number of amides is 1. The van der Waals surface area contributed by atoms with Gasteiger partial charge in [0.15, 0.2) is 24.0 Å². The first-order valence-corrected chi connectivity index (χ1v) is 5.83. The maximum absolute atomic E-state index is 13.5. The lowest BCUT2D eigenvalue weighted by Gasteiger charge is -2.13. The fourth-order valence-electron chi connectivity index (χ4n) is 1.53. The Hall–Kier alpha value is -2.02. The molecule has 0 saturated heterocycles. The Morgan fingerprint density at radius 2 is 2.00 bits per heavy atom. The van der Waals surface area contributed by atoms with Crippen molar-refractivity contribution in [3.05, 3.63) is 29.3 Å². The number of methoxy groups -OCH3 is 1. The number of rotatable bonds is 7. The highest BCUT2D eigenvalue weighted by molar-refractivity contribution is 5.78. The largest absolute Gasteiger partial charge is 0.478 e. The van der Waals surface area contributed by atoms with Crippen molar-refractivity contribution < 1.29 is 27.8 Å². The Morgan fingerprint density at radius 1 is 1.40 bits per heavy atom. The summed E-state index contributed by atoms with van der Waals surface area (Å²) in [5, 5.41) is 2.52. The Labute approximate surface area is 114 Å². The maximum atomic E-state index is 13.5. The molecule has 0 aliphatic heterocycles. The third-order valence-corrected chi connectivity index (χ3v) is 2.33. The normalized spacial score (nSPS) is 11.8. The van der Waals surface area contributed by atoms with E-state index < -0.39 is 29.9 Å². The summed E-state index contributed by atoms with van der Waals surface area (Å²) in [7, 11) is 1.48. The molecular weight excluding hydrogens is 272 g/mol. The van der Waals surface area contributed by atoms with Crippen LogP contribution in [0.3, 0.4) is 0 Å². The average molecular weight is 287 g/mol. The zero-order valence-corrected chi connectivity index (χ0v) is 11.1. The van der Waals surface area contributed by atoms with Crippen molar-refractivity contribution in [1.82, 2.24) is 5.32 Å². The number of ether oxygens (including phenoxy) is 2. The molecule has 0 saturated carbocycles. The molecule has 1 atom stereocenters. The topological polar surface area (TPSA) is 64.6 Å². The van der Waals surface area contributed by atoms with Gasteiger partial charge in [0.2, 0.25) is 0 Å². The van der Waals surface area contributed by atoms with Gasteiger partial charge in [0.1, 0.15) is 6.29 Å². The third kappa shape index (κ3) is 4.58. The summed E-state index contributed by atoms with van der Waals surface area (Å²) in [5.41, 5.74) is -0.148. The molecule has 1 unspecified atom stereocenters. The number of carbonyl (C=O) groups is 2. The van der Waals surface area contributed by atoms with Crippen LogP contribution in [-0.2, 0) is 9.53 Å². The molecule has 1 aromatic carbocycles. The monoisotopic (exact) mass is 287 g/mol. The summed E-state index contributed by atoms with van der Waals surface area (Å²) in [4.78, 5) is 21.9. The fourth-order valence-corrected chi connectivity index (χ4v) is 1.53. The molecule has 0 aliphatic rings. The van der Waals surface area contributed by atoms with Crippen LogP contribution in [-0.4, -0.2) is 38.6 Å². The van der Waals surface area contributed by atoms with Gasteiger partial charge in [0, 0.05) is 18.7 Å². The van der Waals surface area contributed by atoms with E-state index >= 15 is 0 Å². The summed E-state index contributed by atoms with van der Waals surface area (Å²) < 4.78 is 36.5. The van der Waals surface area contributed by atoms with Gasteiger partial charge in [0.25, 0.3) is 5.91 Å². The molecule has 1 N–H and O–H groups in total. The number of hydrogen-bond acceptors (Lipinski definition) is 4. The number of aldehydes is 1. The minimum absolute atomic E-state index is 0.148. The van der Waals surface area contributed by atoms with E-state index in [2.05, 4.69) is 5.32 Å². The van der Waals surface area contributed by atoms with Gasteiger partial charge in [-0.2, -0.15) is 0 Å². The number of nitrogens with one attached hydrogen (secondary N) is 1. The van der Waals surface area contributed by atoms with E-state index in [1.807, 2.05) is 0 Å². The van der Waals surface area contributed by atoms with E-state index in [0.29, 0.717) is 12.9 Å². The van der Waals surface area contributed by atoms with Crippen LogP contribution in [0.15, 0.2) is 12.1 Å². The van der Waals surface area contributed by atoms with Crippen molar-refractivity contribution in [3.8, 4) is 5.75 Å². The van der Waals surface area contributed by atoms with Gasteiger partial charge >= 0.3 is 0 Å². The van der Waals surface area contributed by atoms with Gasteiger partial charge in [-0.15, -0.1) is 0 Å². The molecule has 0 spiro atoms. The summed E-state index contributed by atoms with van der Waals surface area (Å²) in [6, 6.07) is 1.41. The molecule has 0 bridgehead atoms. The van der Waals surface area contributed by atoms with Crippen molar-refractivity contribution >= 4 is 12.2 Å². The molecule has 1 rings (SSSR count). The average Bonchev–Trinajstić information content (AvgIpc) is 2.37. The van der Waals surface area contributed by atoms with E-state index in [4.69, 9.17) is 9.47 Å². The lowest BCUT2D eigenvalue weighted by atomic mass is 10.2. The Kier molecular flexibility index (Phi) is 6.05. The highest BCUT2D eigenvalue weighted by atomic mass is 19.1. The first-order valence-electron chi connectivity index (χ1n) is 5.83. The molecule has 1 amide bonds. The third-order valence-electron chi connectivity index (χ3n) is 2.33. The molecule has 0 radical (unpaired) electrons. The second-order valence-corrected chi connectivity index (χ2v) is 4.14. The minimum atomic E-state index is -1.04. The van der Waals surface area contributed by atoms with E-state index in [0.717, 1.165) is 12.1 Å². The van der Waals surface area contributed by atoms with Crippen LogP contribution < -0.4 is 10.1 Å². The fraction of sp³-hybridized carbons (Fsp3) is 0.385. The molecule has 1 aromatic rings. The first-order chi connectivity index (χ1) is 9.47. The van der Waals surface area contributed by atoms with Gasteiger partial charge in [-0.1, -0.05) is 0 Å². The first kappa shape index (κ1) is 16.0. The maximum Gasteiger partial charge on any atom is 0.258 e. The second kappa shape index (κ2) is 7.54. The van der Waals surface area contributed by atoms with Crippen LogP contribution in [0.4, 0.5) is 8.78 Å². The van der Waals surface area contributed by atoms with Crippen LogP contribution >= 0.6 is 0 Å². The highest BCUT2D eigenvalue weighted by Gasteiger charge is 2.15. The van der Waals surface area contributed by atoms with Gasteiger partial charge < -0.3 is 14.8 Å². The van der Waals surface area contributed by atoms with Gasteiger partial charge in [-0.05, 0) is 19.1 Å². The molecule has 110 valence electrons. The summed E-state index contributed by atoms with van der Waals surface area (Å²) >= 11 is 0. The van der Waals surface area contributed by atoms with Crippen LogP contribution in [0.1, 0.15) is 17.3 Å². The zero-order valence-electron chi connectivity index (χ0n) is 11.1. The number of benzene rings is 1. The SMILES string of the molecule is COCC(C)NC(=O)COc1c(F)cc(C=O)cc1F. The smallest absolute Gasteiger partial charge is 0.258 e. The quantitative estimate of drug-likeness (QED) is 0.768. The Bertz CT molecular complexity index is 470. The molecule has 0 fully saturated rings. The van der Waals surface area contributed by atoms with Crippen LogP contribution in [0.25, 0.3) is 0 Å². The van der Waals surface area contributed by atoms with Crippen LogP contribution in [0.2, 0.25) is 0 Å². The van der Waals surface area contributed by atoms with Crippen molar-refractivity contribution in [1.29, 1.82) is 0 Å². The van der Waals surface area contributed by atoms with Crippen molar-refractivity contribution in [2.45, 2.75) is 13.0 Å². The van der Waals surface area contributed by atoms with E-state index in [-0.39, 0.29) is 11.6 Å². The number of halogens is 2. The van der Waals surface area contributed by atoms with Gasteiger partial charge in [-0.25, -0.2) is 8.78 Å². The lowest BCUT2D eigenvalue weighted by molar-refractivity contribution is -0.124. The lowest BCUT2D eigenvalue weighted by Crippen LogP contribution is -2.38. The second-order valence-electron chi connectivity index (χ2n) is 4.14. The predicted octanol–water partition coefficient (Wildman–Crippen LogP) is 1.31. The number of carbonyl (C=O) groups excluding carboxylic acids is 2. The van der Waals surface area contributed by atoms with Gasteiger partial charge in [-0.3, -0.25) is 9.59 Å². The molecule has 7 heteroatoms. The molecule has 5 nitrogen and oxygen atoms in total. The molecule has 0 heterocycles. The molecular formula is C13H15F2NO4. The van der Waals surface area contributed by atoms with E-state index in [9.17, 15) is 18.4 Å². The Morgan fingerprint density at radius 3 is 2.50 bits per heavy atom. The van der Waals surface area contributed by atoms with Crippen LogP contribution in [0, 0.1) is 11.6 Å². The Balaban J connectivity index is 2.62. The minimum Gasteiger partial charge on any atom is -0.478 e. The van der Waals surface area contributed by atoms with Gasteiger partial charge in [0.05, 0.1) is 6.61 Å². The molecule has 0 aromatic heterocycles. The molecule has 20 heavy (non-hydrogen) atoms. The van der Waals surface area contributed by atoms with Crippen molar-refractivity contribution in [3.63, 3.8) is 0 Å². The zero-order chi connectivity index (χ0) is 15.1. The van der Waals surface area contributed by atoms with Crippen molar-refractivity contribution in [2.75, 3.05) is 20.3 Å². The van der Waals surface area contributed by atoms with Crippen LogP contribution in [0.5, 0.6) is 5.75 Å². The van der Waals surface area contributed by atoms with Crippen molar-refractivity contribution in [2.24, 2.45) is 0 Å². The predicted molar refractivity (Wildman–Crippen MR) is 66.7 cm³/mol. The molecule has 0 aliphatic carbocycles. The summed E-state index contributed by atoms with van der Waals surface area (Å²) in [6.07, 6.45) is 0.315. The summed E-state index contributed by atoms with van der Waals surface area (Å²) in [5.74, 6) is -3.30. The number of hydrogen-bond donors (Lipinski definition) is 1. The summed E-state index contributed by atoms with van der Waals surface area (Å²) in [6.45, 7) is 1.48. The highest BCUT2D eigenvalue weighted by Crippen LogP contribution is 2.22. The van der Waals surface area contributed by atoms with E-state index in [1.165, 1.54) is 7.11 Å². The standard InChI is InChI=1S/C13H15F2NO4/c1-8(6-19-2)16-12(18)7-20-13-10(14)3-9(5-17)4-11(13)15/h3-5,8H,6-7H2,1-2H3,(H,16,18).